The van der Waals surface area contributed by atoms with Gasteiger partial charge in [-0.25, -0.2) is 4.98 Å². The van der Waals surface area contributed by atoms with Crippen LogP contribution in [-0.4, -0.2) is 67.8 Å². The van der Waals surface area contributed by atoms with Crippen molar-refractivity contribution in [2.75, 3.05) is 56.6 Å². The molecular weight excluding hydrogens is 292 g/mol. The lowest BCUT2D eigenvalue weighted by atomic mass is 10.1. The predicted octanol–water partition coefficient (Wildman–Crippen LogP) is 1.77. The quantitative estimate of drug-likeness (QED) is 0.788. The van der Waals surface area contributed by atoms with Crippen molar-refractivity contribution < 1.29 is 9.90 Å². The largest absolute Gasteiger partial charge is 0.481 e. The minimum Gasteiger partial charge on any atom is -0.481 e. The minimum absolute atomic E-state index is 0.407. The van der Waals surface area contributed by atoms with Gasteiger partial charge in [0.2, 0.25) is 0 Å². The first kappa shape index (κ1) is 17.5. The topological polar surface area (TPSA) is 59.9 Å². The Labute approximate surface area is 138 Å². The summed E-state index contributed by atoms with van der Waals surface area (Å²) in [5, 5.41) is 9.18. The average Bonchev–Trinajstić information content (AvgIpc) is 3.05. The first-order valence-electron chi connectivity index (χ1n) is 8.31. The van der Waals surface area contributed by atoms with E-state index in [2.05, 4.69) is 31.8 Å². The highest BCUT2D eigenvalue weighted by molar-refractivity contribution is 5.70. The van der Waals surface area contributed by atoms with Gasteiger partial charge in [0.25, 0.3) is 0 Å². The minimum atomic E-state index is -0.763. The Morgan fingerprint density at radius 2 is 2.00 bits per heavy atom. The molecule has 2 heterocycles. The zero-order valence-corrected chi connectivity index (χ0v) is 14.4. The highest BCUT2D eigenvalue weighted by atomic mass is 16.4. The number of hydrogen-bond donors (Lipinski definition) is 1. The fraction of sp³-hybridized carbons (Fsp3) is 0.647. The van der Waals surface area contributed by atoms with Gasteiger partial charge in [0.05, 0.1) is 17.8 Å². The van der Waals surface area contributed by atoms with Gasteiger partial charge in [0, 0.05) is 32.7 Å². The number of aromatic nitrogens is 1. The maximum atomic E-state index is 11.2. The second-order valence-electron chi connectivity index (χ2n) is 6.56. The van der Waals surface area contributed by atoms with Crippen molar-refractivity contribution in [3.05, 3.63) is 18.3 Å². The Hall–Kier alpha value is -1.82. The average molecular weight is 320 g/mol. The van der Waals surface area contributed by atoms with Crippen LogP contribution in [0.15, 0.2) is 18.3 Å². The number of carboxylic acid groups (broad SMARTS) is 1. The number of rotatable bonds is 8. The van der Waals surface area contributed by atoms with E-state index in [1.165, 1.54) is 12.8 Å². The second-order valence-corrected chi connectivity index (χ2v) is 6.56. The lowest BCUT2D eigenvalue weighted by molar-refractivity contribution is -0.140. The van der Waals surface area contributed by atoms with Crippen LogP contribution < -0.4 is 9.80 Å². The van der Waals surface area contributed by atoms with Gasteiger partial charge in [-0.2, -0.15) is 0 Å². The van der Waals surface area contributed by atoms with Crippen molar-refractivity contribution in [1.29, 1.82) is 0 Å². The molecular formula is C17H28N4O2. The van der Waals surface area contributed by atoms with Crippen molar-refractivity contribution in [3.63, 3.8) is 0 Å². The molecule has 6 nitrogen and oxygen atoms in total. The van der Waals surface area contributed by atoms with E-state index in [-0.39, 0.29) is 0 Å². The molecule has 0 aliphatic carbocycles. The normalized spacial score (nSPS) is 15.9. The first-order chi connectivity index (χ1) is 11.0. The standard InChI is InChI=1S/C17H28N4O2/c1-14(17(22)23)13-21(11-10-19(2)3)15-6-7-16(18-12-15)20-8-4-5-9-20/h6-7,12,14H,4-5,8-11,13H2,1-3H3,(H,22,23). The van der Waals surface area contributed by atoms with Crippen molar-refractivity contribution in [2.45, 2.75) is 19.8 Å². The number of likely N-dealkylation sites (N-methyl/N-ethyl adjacent to an activating group) is 1. The van der Waals surface area contributed by atoms with Crippen molar-refractivity contribution in [3.8, 4) is 0 Å². The van der Waals surface area contributed by atoms with E-state index < -0.39 is 11.9 Å². The third-order valence-electron chi connectivity index (χ3n) is 4.26. The molecule has 1 aliphatic heterocycles. The summed E-state index contributed by atoms with van der Waals surface area (Å²) in [7, 11) is 4.04. The second kappa shape index (κ2) is 8.15. The molecule has 1 atom stereocenters. The highest BCUT2D eigenvalue weighted by Crippen LogP contribution is 2.21. The molecule has 0 saturated carbocycles. The molecule has 0 bridgehead atoms. The maximum absolute atomic E-state index is 11.2. The number of aliphatic carboxylic acids is 1. The monoisotopic (exact) mass is 320 g/mol. The molecule has 1 aliphatic rings. The predicted molar refractivity (Wildman–Crippen MR) is 93.3 cm³/mol. The van der Waals surface area contributed by atoms with Gasteiger partial charge in [0.15, 0.2) is 0 Å². The van der Waals surface area contributed by atoms with Gasteiger partial charge in [0.1, 0.15) is 5.82 Å². The molecule has 23 heavy (non-hydrogen) atoms. The van der Waals surface area contributed by atoms with Crippen LogP contribution in [0.3, 0.4) is 0 Å². The summed E-state index contributed by atoms with van der Waals surface area (Å²) in [5.74, 6) is -0.151. The molecule has 0 radical (unpaired) electrons. The number of hydrogen-bond acceptors (Lipinski definition) is 5. The van der Waals surface area contributed by atoms with Gasteiger partial charge in [-0.15, -0.1) is 0 Å². The Bertz CT molecular complexity index is 498. The molecule has 0 amide bonds. The molecule has 1 fully saturated rings. The lowest BCUT2D eigenvalue weighted by Crippen LogP contribution is -2.37. The summed E-state index contributed by atoms with van der Waals surface area (Å²) in [6.45, 7) is 6.06. The van der Waals surface area contributed by atoms with Crippen LogP contribution in [0.25, 0.3) is 0 Å². The number of nitrogens with zero attached hydrogens (tertiary/aromatic N) is 4. The molecule has 0 spiro atoms. The molecule has 0 aromatic carbocycles. The molecule has 1 unspecified atom stereocenters. The number of carboxylic acids is 1. The summed E-state index contributed by atoms with van der Waals surface area (Å²) < 4.78 is 0. The van der Waals surface area contributed by atoms with Gasteiger partial charge < -0.3 is 19.8 Å². The van der Waals surface area contributed by atoms with Crippen LogP contribution >= 0.6 is 0 Å². The molecule has 2 rings (SSSR count). The van der Waals surface area contributed by atoms with E-state index in [9.17, 15) is 9.90 Å². The summed E-state index contributed by atoms with van der Waals surface area (Å²) in [6, 6.07) is 4.11. The van der Waals surface area contributed by atoms with Gasteiger partial charge in [-0.05, 0) is 39.1 Å². The Morgan fingerprint density at radius 3 is 2.52 bits per heavy atom. The third kappa shape index (κ3) is 5.10. The fourth-order valence-electron chi connectivity index (χ4n) is 2.75. The molecule has 1 saturated heterocycles. The zero-order valence-electron chi connectivity index (χ0n) is 14.4. The lowest BCUT2D eigenvalue weighted by Gasteiger charge is -2.28. The molecule has 1 aromatic rings. The Kier molecular flexibility index (Phi) is 6.21. The fourth-order valence-corrected chi connectivity index (χ4v) is 2.75. The summed E-state index contributed by atoms with van der Waals surface area (Å²) in [6.07, 6.45) is 4.33. The van der Waals surface area contributed by atoms with Gasteiger partial charge in [-0.3, -0.25) is 4.79 Å². The third-order valence-corrected chi connectivity index (χ3v) is 4.26. The summed E-state index contributed by atoms with van der Waals surface area (Å²) in [4.78, 5) is 22.3. The number of pyridine rings is 1. The summed E-state index contributed by atoms with van der Waals surface area (Å²) >= 11 is 0. The van der Waals surface area contributed by atoms with Gasteiger partial charge in [-0.1, -0.05) is 6.92 Å². The van der Waals surface area contributed by atoms with Crippen LogP contribution in [-0.2, 0) is 4.79 Å². The van der Waals surface area contributed by atoms with Crippen LogP contribution in [0.4, 0.5) is 11.5 Å². The highest BCUT2D eigenvalue weighted by Gasteiger charge is 2.18. The van der Waals surface area contributed by atoms with E-state index in [1.54, 1.807) is 6.92 Å². The Morgan fingerprint density at radius 1 is 1.30 bits per heavy atom. The zero-order chi connectivity index (χ0) is 16.8. The first-order valence-corrected chi connectivity index (χ1v) is 8.31. The molecule has 128 valence electrons. The molecule has 6 heteroatoms. The van der Waals surface area contributed by atoms with Crippen LogP contribution in [0.1, 0.15) is 19.8 Å². The van der Waals surface area contributed by atoms with E-state index in [0.717, 1.165) is 37.7 Å². The number of carbonyl (C=O) groups is 1. The number of anilines is 2. The SMILES string of the molecule is CC(CN(CCN(C)C)c1ccc(N2CCCC2)nc1)C(=O)O. The van der Waals surface area contributed by atoms with E-state index in [1.807, 2.05) is 20.3 Å². The van der Waals surface area contributed by atoms with Crippen LogP contribution in [0, 0.1) is 5.92 Å². The van der Waals surface area contributed by atoms with Gasteiger partial charge >= 0.3 is 5.97 Å². The van der Waals surface area contributed by atoms with E-state index in [4.69, 9.17) is 0 Å². The molecule has 1 aromatic heterocycles. The summed E-state index contributed by atoms with van der Waals surface area (Å²) in [5.41, 5.74) is 0.989. The van der Waals surface area contributed by atoms with Crippen molar-refractivity contribution >= 4 is 17.5 Å². The van der Waals surface area contributed by atoms with E-state index >= 15 is 0 Å². The van der Waals surface area contributed by atoms with E-state index in [0.29, 0.717) is 6.54 Å². The van der Waals surface area contributed by atoms with Crippen molar-refractivity contribution in [1.82, 2.24) is 9.88 Å². The van der Waals surface area contributed by atoms with Crippen LogP contribution in [0.5, 0.6) is 0 Å². The van der Waals surface area contributed by atoms with Crippen molar-refractivity contribution in [2.24, 2.45) is 5.92 Å². The maximum Gasteiger partial charge on any atom is 0.308 e. The molecule has 1 N–H and O–H groups in total. The van der Waals surface area contributed by atoms with Crippen LogP contribution in [0.2, 0.25) is 0 Å². The smallest absolute Gasteiger partial charge is 0.308 e. The Balaban J connectivity index is 2.08.